The predicted molar refractivity (Wildman–Crippen MR) is 86.7 cm³/mol. The molecule has 21 heavy (non-hydrogen) atoms. The van der Waals surface area contributed by atoms with E-state index in [0.717, 1.165) is 30.8 Å². The van der Waals surface area contributed by atoms with Gasteiger partial charge in [0.05, 0.1) is 0 Å². The van der Waals surface area contributed by atoms with Crippen LogP contribution in [0.3, 0.4) is 0 Å². The van der Waals surface area contributed by atoms with Crippen molar-refractivity contribution in [3.05, 3.63) is 53.6 Å². The van der Waals surface area contributed by atoms with E-state index in [1.807, 2.05) is 29.2 Å². The van der Waals surface area contributed by atoms with Gasteiger partial charge in [0.2, 0.25) is 0 Å². The number of nitrogen functional groups attached to an aromatic ring is 1. The summed E-state index contributed by atoms with van der Waals surface area (Å²) in [6, 6.07) is 13.3. The maximum Gasteiger partial charge on any atom is 0.326 e. The molecule has 3 rings (SSSR count). The molecule has 4 nitrogen and oxygen atoms in total. The molecule has 0 saturated heterocycles. The molecule has 0 radical (unpaired) electrons. The highest BCUT2D eigenvalue weighted by Crippen LogP contribution is 2.28. The van der Waals surface area contributed by atoms with Crippen molar-refractivity contribution < 1.29 is 4.79 Å². The third-order valence-electron chi connectivity index (χ3n) is 3.76. The van der Waals surface area contributed by atoms with Crippen LogP contribution in [-0.4, -0.2) is 12.6 Å². The van der Waals surface area contributed by atoms with Crippen LogP contribution in [0.1, 0.15) is 17.5 Å². The third kappa shape index (κ3) is 2.84. The quantitative estimate of drug-likeness (QED) is 0.785. The van der Waals surface area contributed by atoms with Crippen molar-refractivity contribution in [2.45, 2.75) is 19.8 Å². The normalized spacial score (nSPS) is 13.7. The number of urea groups is 1. The number of carbonyl (C=O) groups excluding carboxylic acids is 1. The molecular weight excluding hydrogens is 262 g/mol. The van der Waals surface area contributed by atoms with Crippen LogP contribution >= 0.6 is 0 Å². The van der Waals surface area contributed by atoms with Gasteiger partial charge in [-0.2, -0.15) is 0 Å². The first-order chi connectivity index (χ1) is 10.1. The minimum atomic E-state index is -0.0930. The molecule has 0 spiro atoms. The lowest BCUT2D eigenvalue weighted by atomic mass is 10.00. The minimum Gasteiger partial charge on any atom is -0.399 e. The first-order valence-corrected chi connectivity index (χ1v) is 7.17. The fourth-order valence-corrected chi connectivity index (χ4v) is 2.69. The average molecular weight is 281 g/mol. The Morgan fingerprint density at radius 1 is 1.19 bits per heavy atom. The summed E-state index contributed by atoms with van der Waals surface area (Å²) in [6.07, 6.45) is 2.02. The number of anilines is 3. The van der Waals surface area contributed by atoms with E-state index in [1.165, 1.54) is 11.1 Å². The number of hydrogen-bond donors (Lipinski definition) is 2. The number of fused-ring (bicyclic) bond motifs is 1. The third-order valence-corrected chi connectivity index (χ3v) is 3.76. The van der Waals surface area contributed by atoms with Gasteiger partial charge in [-0.15, -0.1) is 0 Å². The molecule has 1 heterocycles. The Morgan fingerprint density at radius 2 is 1.95 bits per heavy atom. The van der Waals surface area contributed by atoms with E-state index in [0.29, 0.717) is 5.69 Å². The summed E-state index contributed by atoms with van der Waals surface area (Å²) in [7, 11) is 0. The molecule has 0 saturated carbocycles. The van der Waals surface area contributed by atoms with Gasteiger partial charge in [0.1, 0.15) is 0 Å². The maximum atomic E-state index is 12.5. The van der Waals surface area contributed by atoms with E-state index >= 15 is 0 Å². The van der Waals surface area contributed by atoms with Crippen molar-refractivity contribution in [2.75, 3.05) is 22.5 Å². The standard InChI is InChI=1S/C17H19N3O/c1-12-4-9-16-13(11-12)3-2-10-20(16)17(21)19-15-7-5-14(18)6-8-15/h4-9,11H,2-3,10,18H2,1H3,(H,19,21). The Balaban J connectivity index is 1.81. The van der Waals surface area contributed by atoms with Crippen LogP contribution in [-0.2, 0) is 6.42 Å². The smallest absolute Gasteiger partial charge is 0.326 e. The van der Waals surface area contributed by atoms with E-state index in [9.17, 15) is 4.79 Å². The van der Waals surface area contributed by atoms with Gasteiger partial charge in [0, 0.05) is 23.6 Å². The van der Waals surface area contributed by atoms with E-state index in [1.54, 1.807) is 12.1 Å². The second kappa shape index (κ2) is 5.48. The van der Waals surface area contributed by atoms with E-state index < -0.39 is 0 Å². The molecule has 0 unspecified atom stereocenters. The second-order valence-electron chi connectivity index (χ2n) is 5.44. The van der Waals surface area contributed by atoms with Crippen molar-refractivity contribution in [2.24, 2.45) is 0 Å². The lowest BCUT2D eigenvalue weighted by molar-refractivity contribution is 0.256. The van der Waals surface area contributed by atoms with Crippen LogP contribution < -0.4 is 16.0 Å². The van der Waals surface area contributed by atoms with Crippen molar-refractivity contribution in [1.82, 2.24) is 0 Å². The molecule has 0 atom stereocenters. The Bertz CT molecular complexity index is 664. The van der Waals surface area contributed by atoms with Crippen molar-refractivity contribution in [3.8, 4) is 0 Å². The number of nitrogens with one attached hydrogen (secondary N) is 1. The number of carbonyl (C=O) groups is 1. The Morgan fingerprint density at radius 3 is 2.71 bits per heavy atom. The summed E-state index contributed by atoms with van der Waals surface area (Å²) in [5.41, 5.74) is 10.6. The zero-order valence-corrected chi connectivity index (χ0v) is 12.1. The van der Waals surface area contributed by atoms with Gasteiger partial charge in [0.25, 0.3) is 0 Å². The molecule has 4 heteroatoms. The predicted octanol–water partition coefficient (Wildman–Crippen LogP) is 3.56. The van der Waals surface area contributed by atoms with E-state index in [-0.39, 0.29) is 6.03 Å². The summed E-state index contributed by atoms with van der Waals surface area (Å²) in [5, 5.41) is 2.93. The highest BCUT2D eigenvalue weighted by atomic mass is 16.2. The lowest BCUT2D eigenvalue weighted by Gasteiger charge is -2.29. The van der Waals surface area contributed by atoms with Crippen LogP contribution in [0.5, 0.6) is 0 Å². The number of rotatable bonds is 1. The monoisotopic (exact) mass is 281 g/mol. The molecule has 0 fully saturated rings. The van der Waals surface area contributed by atoms with Crippen LogP contribution in [0.25, 0.3) is 0 Å². The average Bonchev–Trinajstić information content (AvgIpc) is 2.48. The number of benzene rings is 2. The van der Waals surface area contributed by atoms with E-state index in [2.05, 4.69) is 18.3 Å². The number of nitrogens with two attached hydrogens (primary N) is 1. The fraction of sp³-hybridized carbons (Fsp3) is 0.235. The largest absolute Gasteiger partial charge is 0.399 e. The first-order valence-electron chi connectivity index (χ1n) is 7.17. The first kappa shape index (κ1) is 13.5. The van der Waals surface area contributed by atoms with Gasteiger partial charge < -0.3 is 11.1 Å². The van der Waals surface area contributed by atoms with Gasteiger partial charge in [-0.1, -0.05) is 17.7 Å². The number of amides is 2. The van der Waals surface area contributed by atoms with Gasteiger partial charge in [-0.3, -0.25) is 4.90 Å². The molecule has 0 bridgehead atoms. The molecule has 2 amide bonds. The zero-order valence-electron chi connectivity index (χ0n) is 12.1. The van der Waals surface area contributed by atoms with Crippen molar-refractivity contribution in [3.63, 3.8) is 0 Å². The molecule has 3 N–H and O–H groups in total. The highest BCUT2D eigenvalue weighted by molar-refractivity contribution is 6.02. The molecule has 0 aromatic heterocycles. The molecule has 0 aliphatic carbocycles. The Hall–Kier alpha value is -2.49. The molecule has 2 aromatic rings. The lowest BCUT2D eigenvalue weighted by Crippen LogP contribution is -2.38. The minimum absolute atomic E-state index is 0.0930. The van der Waals surface area contributed by atoms with Gasteiger partial charge in [0.15, 0.2) is 0 Å². The highest BCUT2D eigenvalue weighted by Gasteiger charge is 2.22. The van der Waals surface area contributed by atoms with Gasteiger partial charge in [-0.25, -0.2) is 4.79 Å². The van der Waals surface area contributed by atoms with E-state index in [4.69, 9.17) is 5.73 Å². The molecule has 2 aromatic carbocycles. The van der Waals surface area contributed by atoms with Crippen LogP contribution in [0, 0.1) is 6.92 Å². The molecular formula is C17H19N3O. The molecule has 1 aliphatic rings. The number of nitrogens with zero attached hydrogens (tertiary/aromatic N) is 1. The molecule has 1 aliphatic heterocycles. The van der Waals surface area contributed by atoms with Gasteiger partial charge >= 0.3 is 6.03 Å². The van der Waals surface area contributed by atoms with Crippen molar-refractivity contribution in [1.29, 1.82) is 0 Å². The summed E-state index contributed by atoms with van der Waals surface area (Å²) in [4.78, 5) is 14.3. The topological polar surface area (TPSA) is 58.4 Å². The number of aryl methyl sites for hydroxylation is 2. The molecule has 108 valence electrons. The zero-order chi connectivity index (χ0) is 14.8. The number of hydrogen-bond acceptors (Lipinski definition) is 2. The maximum absolute atomic E-state index is 12.5. The van der Waals surface area contributed by atoms with Gasteiger partial charge in [-0.05, 0) is 55.7 Å². The summed E-state index contributed by atoms with van der Waals surface area (Å²) in [6.45, 7) is 2.82. The van der Waals surface area contributed by atoms with Crippen LogP contribution in [0.4, 0.5) is 21.9 Å². The Labute approximate surface area is 124 Å². The van der Waals surface area contributed by atoms with Crippen molar-refractivity contribution >= 4 is 23.1 Å². The summed E-state index contributed by atoms with van der Waals surface area (Å²) in [5.74, 6) is 0. The summed E-state index contributed by atoms with van der Waals surface area (Å²) >= 11 is 0. The van der Waals surface area contributed by atoms with Crippen LogP contribution in [0.15, 0.2) is 42.5 Å². The fourth-order valence-electron chi connectivity index (χ4n) is 2.69. The second-order valence-corrected chi connectivity index (χ2v) is 5.44. The Kier molecular flexibility index (Phi) is 3.52. The summed E-state index contributed by atoms with van der Waals surface area (Å²) < 4.78 is 0. The SMILES string of the molecule is Cc1ccc2c(c1)CCCN2C(=O)Nc1ccc(N)cc1. The van der Waals surface area contributed by atoms with Crippen LogP contribution in [0.2, 0.25) is 0 Å².